The predicted octanol–water partition coefficient (Wildman–Crippen LogP) is 5.35. The van der Waals surface area contributed by atoms with E-state index in [-0.39, 0.29) is 6.04 Å². The lowest BCUT2D eigenvalue weighted by Crippen LogP contribution is -2.45. The number of carbonyl (C=O) groups is 1. The van der Waals surface area contributed by atoms with Crippen LogP contribution in [0.15, 0.2) is 36.7 Å². The van der Waals surface area contributed by atoms with Crippen LogP contribution in [-0.4, -0.2) is 79.1 Å². The second-order valence-corrected chi connectivity index (χ2v) is 10.7. The normalized spacial score (nSPS) is 17.9. The third-order valence-corrected chi connectivity index (χ3v) is 7.56. The first-order valence-corrected chi connectivity index (χ1v) is 14.0. The van der Waals surface area contributed by atoms with Crippen LogP contribution in [0.25, 0.3) is 10.9 Å². The Hall–Kier alpha value is -3.26. The van der Waals surface area contributed by atoms with Gasteiger partial charge in [-0.25, -0.2) is 0 Å². The molecule has 222 valence electrons. The number of aromatic nitrogens is 2. The van der Waals surface area contributed by atoms with E-state index in [2.05, 4.69) is 29.1 Å². The van der Waals surface area contributed by atoms with Crippen molar-refractivity contribution < 1.29 is 27.4 Å². The molecule has 0 bridgehead atoms. The third-order valence-electron chi connectivity index (χ3n) is 7.56. The number of halogens is 3. The zero-order chi connectivity index (χ0) is 29.4. The fraction of sp³-hybridized carbons (Fsp3) is 0.516. The number of fused-ring (bicyclic) bond motifs is 1. The Kier molecular flexibility index (Phi) is 10.5. The van der Waals surface area contributed by atoms with Crippen molar-refractivity contribution in [3.8, 4) is 11.8 Å². The molecule has 0 radical (unpaired) electrons. The molecule has 3 heterocycles. The Bertz CT molecular complexity index is 1370. The average molecular weight is 573 g/mol. The molecule has 2 atom stereocenters. The van der Waals surface area contributed by atoms with Gasteiger partial charge in [0.05, 0.1) is 31.0 Å². The van der Waals surface area contributed by atoms with Crippen molar-refractivity contribution in [2.75, 3.05) is 51.9 Å². The monoisotopic (exact) mass is 572 g/mol. The van der Waals surface area contributed by atoms with Gasteiger partial charge < -0.3 is 28.8 Å². The molecule has 2 aromatic heterocycles. The average Bonchev–Trinajstić information content (AvgIpc) is 3.46. The number of rotatable bonds is 13. The maximum Gasteiger partial charge on any atom is 0.406 e. The maximum atomic E-state index is 13.3. The second-order valence-electron chi connectivity index (χ2n) is 10.7. The Labute approximate surface area is 239 Å². The van der Waals surface area contributed by atoms with E-state index in [1.165, 1.54) is 4.57 Å². The van der Waals surface area contributed by atoms with E-state index in [4.69, 9.17) is 9.47 Å². The molecule has 41 heavy (non-hydrogen) atoms. The number of nitrogens with zero attached hydrogens (tertiary/aromatic N) is 3. The summed E-state index contributed by atoms with van der Waals surface area (Å²) in [5.74, 6) is 5.90. The lowest BCUT2D eigenvalue weighted by atomic mass is 9.89. The van der Waals surface area contributed by atoms with Gasteiger partial charge in [0.15, 0.2) is 6.29 Å². The first kappa shape index (κ1) is 30.7. The minimum Gasteiger partial charge on any atom is -0.381 e. The lowest BCUT2D eigenvalue weighted by molar-refractivity contribution is -0.140. The molecule has 0 amide bonds. The molecular weight excluding hydrogens is 533 g/mol. The molecule has 0 spiro atoms. The molecule has 0 saturated carbocycles. The zero-order valence-electron chi connectivity index (χ0n) is 24.0. The number of piperidine rings is 1. The van der Waals surface area contributed by atoms with Crippen LogP contribution in [-0.2, 0) is 22.6 Å². The third kappa shape index (κ3) is 8.38. The van der Waals surface area contributed by atoms with Crippen LogP contribution in [0.5, 0.6) is 0 Å². The fourth-order valence-electron chi connectivity index (χ4n) is 5.51. The first-order valence-electron chi connectivity index (χ1n) is 14.0. The predicted molar refractivity (Wildman–Crippen MR) is 154 cm³/mol. The number of likely N-dealkylation sites (tertiary alicyclic amines) is 1. The van der Waals surface area contributed by atoms with Gasteiger partial charge >= 0.3 is 6.18 Å². The van der Waals surface area contributed by atoms with E-state index in [1.54, 1.807) is 25.1 Å². The lowest BCUT2D eigenvalue weighted by Gasteiger charge is -2.38. The van der Waals surface area contributed by atoms with Crippen LogP contribution in [0.3, 0.4) is 0 Å². The summed E-state index contributed by atoms with van der Waals surface area (Å²) in [4.78, 5) is 13.3. The summed E-state index contributed by atoms with van der Waals surface area (Å²) in [5, 5.41) is 4.41. The van der Waals surface area contributed by atoms with E-state index in [1.807, 2.05) is 30.0 Å². The zero-order valence-corrected chi connectivity index (χ0v) is 24.0. The van der Waals surface area contributed by atoms with E-state index in [0.717, 1.165) is 48.9 Å². The molecule has 7 nitrogen and oxygen atoms in total. The van der Waals surface area contributed by atoms with Crippen molar-refractivity contribution in [3.05, 3.63) is 53.5 Å². The standard InChI is InChI=1S/C31H39F3N4O3/c1-4-6-26-17-27-29(7-5-8-30(27)38(26)22-31(32,33)34)35-28-9-11-36(3)19-24(28)10-13-40-15-16-41-14-12-37-18-23(2)25(20-37)21-39/h5,7-8,17-18,20-21,24,28,35H,9-16,19,22H2,1-3H3. The minimum absolute atomic E-state index is 0.171. The molecule has 2 unspecified atom stereocenters. The molecule has 1 aromatic carbocycles. The number of anilines is 1. The molecule has 1 fully saturated rings. The summed E-state index contributed by atoms with van der Waals surface area (Å²) in [6, 6.07) is 7.38. The second kappa shape index (κ2) is 14.1. The number of alkyl halides is 3. The highest BCUT2D eigenvalue weighted by Crippen LogP contribution is 2.32. The van der Waals surface area contributed by atoms with E-state index < -0.39 is 12.7 Å². The molecule has 0 aliphatic carbocycles. The number of aryl methyl sites for hydroxylation is 1. The van der Waals surface area contributed by atoms with Crippen molar-refractivity contribution in [2.45, 2.75) is 52.0 Å². The van der Waals surface area contributed by atoms with E-state index in [0.29, 0.717) is 55.7 Å². The summed E-state index contributed by atoms with van der Waals surface area (Å²) in [7, 11) is 2.11. The molecule has 10 heteroatoms. The van der Waals surface area contributed by atoms with Crippen LogP contribution in [0.2, 0.25) is 0 Å². The van der Waals surface area contributed by atoms with Crippen molar-refractivity contribution >= 4 is 22.9 Å². The van der Waals surface area contributed by atoms with Gasteiger partial charge in [-0.2, -0.15) is 13.2 Å². The van der Waals surface area contributed by atoms with Crippen molar-refractivity contribution in [1.82, 2.24) is 14.0 Å². The minimum atomic E-state index is -4.34. The number of hydrogen-bond acceptors (Lipinski definition) is 5. The van der Waals surface area contributed by atoms with Gasteiger partial charge in [-0.05, 0) is 75.9 Å². The van der Waals surface area contributed by atoms with Gasteiger partial charge in [0.1, 0.15) is 6.54 Å². The van der Waals surface area contributed by atoms with Gasteiger partial charge in [-0.1, -0.05) is 12.0 Å². The molecular formula is C31H39F3N4O3. The largest absolute Gasteiger partial charge is 0.406 e. The Morgan fingerprint density at radius 1 is 1.15 bits per heavy atom. The molecule has 1 aliphatic rings. The smallest absolute Gasteiger partial charge is 0.381 e. The number of hydrogen-bond donors (Lipinski definition) is 1. The number of benzene rings is 1. The van der Waals surface area contributed by atoms with E-state index >= 15 is 0 Å². The number of ether oxygens (including phenoxy) is 2. The van der Waals surface area contributed by atoms with Crippen molar-refractivity contribution in [3.63, 3.8) is 0 Å². The Morgan fingerprint density at radius 2 is 1.93 bits per heavy atom. The summed E-state index contributed by atoms with van der Waals surface area (Å²) in [6.45, 7) is 7.12. The number of nitrogens with one attached hydrogen (secondary N) is 1. The molecule has 3 aromatic rings. The van der Waals surface area contributed by atoms with Crippen molar-refractivity contribution in [2.24, 2.45) is 5.92 Å². The summed E-state index contributed by atoms with van der Waals surface area (Å²) in [5.41, 5.74) is 3.36. The van der Waals surface area contributed by atoms with Crippen molar-refractivity contribution in [1.29, 1.82) is 0 Å². The van der Waals surface area contributed by atoms with Crippen LogP contribution in [0.1, 0.15) is 41.4 Å². The van der Waals surface area contributed by atoms with Gasteiger partial charge in [0.25, 0.3) is 0 Å². The van der Waals surface area contributed by atoms with Crippen LogP contribution < -0.4 is 5.32 Å². The molecule has 1 N–H and O–H groups in total. The summed E-state index contributed by atoms with van der Waals surface area (Å²) >= 11 is 0. The Balaban J connectivity index is 1.30. The van der Waals surface area contributed by atoms with Gasteiger partial charge in [-0.15, -0.1) is 0 Å². The van der Waals surface area contributed by atoms with Gasteiger partial charge in [0, 0.05) is 54.8 Å². The van der Waals surface area contributed by atoms with Gasteiger partial charge in [0.2, 0.25) is 0 Å². The number of carbonyl (C=O) groups excluding carboxylic acids is 1. The molecule has 1 aliphatic heterocycles. The van der Waals surface area contributed by atoms with E-state index in [9.17, 15) is 18.0 Å². The SMILES string of the molecule is CC#Cc1cc2c(NC3CCN(C)CC3CCOCCOCCn3cc(C)c(C=O)c3)cccc2n1CC(F)(F)F. The highest BCUT2D eigenvalue weighted by Gasteiger charge is 2.31. The first-order chi connectivity index (χ1) is 19.7. The topological polar surface area (TPSA) is 60.7 Å². The van der Waals surface area contributed by atoms with Gasteiger partial charge in [-0.3, -0.25) is 4.79 Å². The van der Waals surface area contributed by atoms with Crippen LogP contribution in [0.4, 0.5) is 18.9 Å². The molecule has 1 saturated heterocycles. The highest BCUT2D eigenvalue weighted by molar-refractivity contribution is 5.94. The fourth-order valence-corrected chi connectivity index (χ4v) is 5.51. The van der Waals surface area contributed by atoms with Crippen LogP contribution in [0, 0.1) is 24.7 Å². The summed E-state index contributed by atoms with van der Waals surface area (Å²) in [6.07, 6.45) is 2.06. The van der Waals surface area contributed by atoms with Crippen LogP contribution >= 0.6 is 0 Å². The Morgan fingerprint density at radius 3 is 2.63 bits per heavy atom. The quantitative estimate of drug-likeness (QED) is 0.170. The maximum absolute atomic E-state index is 13.3. The number of aldehydes is 1. The highest BCUT2D eigenvalue weighted by atomic mass is 19.4. The molecule has 4 rings (SSSR count). The summed E-state index contributed by atoms with van der Waals surface area (Å²) < 4.78 is 54.8.